The van der Waals surface area contributed by atoms with Crippen LogP contribution in [0.3, 0.4) is 0 Å². The van der Waals surface area contributed by atoms with Crippen LogP contribution in [0.1, 0.15) is 37.9 Å². The van der Waals surface area contributed by atoms with Gasteiger partial charge in [0.05, 0.1) is 12.8 Å². The van der Waals surface area contributed by atoms with E-state index in [0.29, 0.717) is 19.5 Å². The summed E-state index contributed by atoms with van der Waals surface area (Å²) in [4.78, 5) is 25.3. The van der Waals surface area contributed by atoms with Crippen molar-refractivity contribution < 1.29 is 14.0 Å². The molecular weight excluding hydrogens is 270 g/mol. The van der Waals surface area contributed by atoms with Crippen LogP contribution >= 0.6 is 0 Å². The van der Waals surface area contributed by atoms with Crippen molar-refractivity contribution in [2.75, 3.05) is 19.6 Å². The van der Waals surface area contributed by atoms with Crippen LogP contribution in [0.4, 0.5) is 4.79 Å². The quantitative estimate of drug-likeness (QED) is 0.786. The lowest BCUT2D eigenvalue weighted by Gasteiger charge is -2.20. The van der Waals surface area contributed by atoms with Crippen molar-refractivity contribution in [1.29, 1.82) is 0 Å². The van der Waals surface area contributed by atoms with E-state index in [-0.39, 0.29) is 11.9 Å². The highest BCUT2D eigenvalue weighted by Crippen LogP contribution is 2.11. The molecule has 1 aromatic rings. The standard InChI is InChI=1S/C15H23N3O3/c19-14-7-2-1-3-9-18(14)10-5-8-16-15(20)17-12-13-6-4-11-21-13/h4,6,11H,1-3,5,7-10,12H2,(H2,16,17,20). The summed E-state index contributed by atoms with van der Waals surface area (Å²) in [6, 6.07) is 3.38. The third kappa shape index (κ3) is 5.49. The highest BCUT2D eigenvalue weighted by molar-refractivity contribution is 5.76. The average Bonchev–Trinajstić information content (AvgIpc) is 2.92. The summed E-state index contributed by atoms with van der Waals surface area (Å²) in [6.07, 6.45) is 6.24. The van der Waals surface area contributed by atoms with Gasteiger partial charge in [-0.15, -0.1) is 0 Å². The molecule has 6 heteroatoms. The molecule has 2 heterocycles. The zero-order valence-corrected chi connectivity index (χ0v) is 12.3. The monoisotopic (exact) mass is 293 g/mol. The lowest BCUT2D eigenvalue weighted by molar-refractivity contribution is -0.130. The predicted octanol–water partition coefficient (Wildman–Crippen LogP) is 1.87. The Hall–Kier alpha value is -1.98. The van der Waals surface area contributed by atoms with Gasteiger partial charge in [0.1, 0.15) is 5.76 Å². The maximum atomic E-state index is 11.8. The molecule has 3 amide bonds. The average molecular weight is 293 g/mol. The Balaban J connectivity index is 1.56. The van der Waals surface area contributed by atoms with E-state index in [0.717, 1.165) is 44.5 Å². The number of nitrogens with zero attached hydrogens (tertiary/aromatic N) is 1. The van der Waals surface area contributed by atoms with Gasteiger partial charge in [-0.2, -0.15) is 0 Å². The van der Waals surface area contributed by atoms with E-state index in [2.05, 4.69) is 10.6 Å². The van der Waals surface area contributed by atoms with E-state index in [1.807, 2.05) is 11.0 Å². The molecular formula is C15H23N3O3. The Morgan fingerprint density at radius 1 is 1.29 bits per heavy atom. The molecule has 6 nitrogen and oxygen atoms in total. The Kier molecular flexibility index (Phi) is 6.12. The molecule has 0 aromatic carbocycles. The fraction of sp³-hybridized carbons (Fsp3) is 0.600. The van der Waals surface area contributed by atoms with Crippen LogP contribution in [-0.2, 0) is 11.3 Å². The van der Waals surface area contributed by atoms with Crippen LogP contribution in [0, 0.1) is 0 Å². The molecule has 0 bridgehead atoms. The molecule has 0 spiro atoms. The summed E-state index contributed by atoms with van der Waals surface area (Å²) in [5.74, 6) is 0.968. The first-order valence-corrected chi connectivity index (χ1v) is 7.57. The van der Waals surface area contributed by atoms with Crippen LogP contribution in [0.25, 0.3) is 0 Å². The van der Waals surface area contributed by atoms with E-state index >= 15 is 0 Å². The van der Waals surface area contributed by atoms with Gasteiger partial charge in [-0.1, -0.05) is 6.42 Å². The van der Waals surface area contributed by atoms with Crippen LogP contribution in [0.15, 0.2) is 22.8 Å². The van der Waals surface area contributed by atoms with Crippen molar-refractivity contribution in [2.45, 2.75) is 38.6 Å². The molecule has 2 rings (SSSR count). The molecule has 21 heavy (non-hydrogen) atoms. The van der Waals surface area contributed by atoms with E-state index in [1.54, 1.807) is 12.3 Å². The fourth-order valence-electron chi connectivity index (χ4n) is 2.39. The highest BCUT2D eigenvalue weighted by atomic mass is 16.3. The first-order valence-electron chi connectivity index (χ1n) is 7.57. The second-order valence-corrected chi connectivity index (χ2v) is 5.23. The molecule has 1 fully saturated rings. The van der Waals surface area contributed by atoms with Gasteiger partial charge < -0.3 is 20.0 Å². The van der Waals surface area contributed by atoms with Gasteiger partial charge in [-0.3, -0.25) is 4.79 Å². The van der Waals surface area contributed by atoms with Crippen molar-refractivity contribution in [3.63, 3.8) is 0 Å². The molecule has 1 aliphatic rings. The Bertz CT molecular complexity index is 445. The molecule has 1 aromatic heterocycles. The minimum absolute atomic E-state index is 0.214. The van der Waals surface area contributed by atoms with Gasteiger partial charge in [0.25, 0.3) is 0 Å². The second kappa shape index (κ2) is 8.34. The third-order valence-corrected chi connectivity index (χ3v) is 3.57. The van der Waals surface area contributed by atoms with Crippen molar-refractivity contribution in [1.82, 2.24) is 15.5 Å². The number of nitrogens with one attached hydrogen (secondary N) is 2. The number of carbonyl (C=O) groups is 2. The maximum Gasteiger partial charge on any atom is 0.315 e. The smallest absolute Gasteiger partial charge is 0.315 e. The SMILES string of the molecule is O=C(NCCCN1CCCCCC1=O)NCc1ccco1. The van der Waals surface area contributed by atoms with Crippen LogP contribution in [0.5, 0.6) is 0 Å². The van der Waals surface area contributed by atoms with Crippen molar-refractivity contribution in [2.24, 2.45) is 0 Å². The van der Waals surface area contributed by atoms with Crippen molar-refractivity contribution in [3.05, 3.63) is 24.2 Å². The van der Waals surface area contributed by atoms with Gasteiger partial charge in [-0.25, -0.2) is 4.79 Å². The third-order valence-electron chi connectivity index (χ3n) is 3.57. The highest BCUT2D eigenvalue weighted by Gasteiger charge is 2.15. The first-order chi connectivity index (χ1) is 10.3. The molecule has 1 saturated heterocycles. The van der Waals surface area contributed by atoms with E-state index in [1.165, 1.54) is 0 Å². The van der Waals surface area contributed by atoms with Gasteiger partial charge >= 0.3 is 6.03 Å². The minimum atomic E-state index is -0.214. The Morgan fingerprint density at radius 3 is 3.00 bits per heavy atom. The second-order valence-electron chi connectivity index (χ2n) is 5.23. The number of rotatable bonds is 6. The molecule has 0 saturated carbocycles. The molecule has 1 aliphatic heterocycles. The summed E-state index contributed by atoms with van der Waals surface area (Å²) >= 11 is 0. The largest absolute Gasteiger partial charge is 0.467 e. The number of likely N-dealkylation sites (tertiary alicyclic amines) is 1. The Morgan fingerprint density at radius 2 is 2.19 bits per heavy atom. The summed E-state index contributed by atoms with van der Waals surface area (Å²) in [5, 5.41) is 5.50. The zero-order valence-electron chi connectivity index (χ0n) is 12.3. The number of amides is 3. The summed E-state index contributed by atoms with van der Waals surface area (Å²) in [5.41, 5.74) is 0. The lowest BCUT2D eigenvalue weighted by Crippen LogP contribution is -2.37. The number of urea groups is 1. The summed E-state index contributed by atoms with van der Waals surface area (Å²) in [7, 11) is 0. The van der Waals surface area contributed by atoms with Gasteiger partial charge in [0, 0.05) is 26.1 Å². The fourth-order valence-corrected chi connectivity index (χ4v) is 2.39. The van der Waals surface area contributed by atoms with Crippen molar-refractivity contribution in [3.8, 4) is 0 Å². The van der Waals surface area contributed by atoms with Crippen LogP contribution in [-0.4, -0.2) is 36.5 Å². The van der Waals surface area contributed by atoms with Crippen molar-refractivity contribution >= 4 is 11.9 Å². The van der Waals surface area contributed by atoms with E-state index in [9.17, 15) is 9.59 Å². The number of carbonyl (C=O) groups excluding carboxylic acids is 2. The first kappa shape index (κ1) is 15.4. The van der Waals surface area contributed by atoms with E-state index in [4.69, 9.17) is 4.42 Å². The maximum absolute atomic E-state index is 11.8. The molecule has 2 N–H and O–H groups in total. The van der Waals surface area contributed by atoms with Gasteiger partial charge in [0.15, 0.2) is 0 Å². The van der Waals surface area contributed by atoms with Gasteiger partial charge in [-0.05, 0) is 31.4 Å². The number of furan rings is 1. The number of hydrogen-bond acceptors (Lipinski definition) is 3. The molecule has 0 unspecified atom stereocenters. The van der Waals surface area contributed by atoms with Gasteiger partial charge in [0.2, 0.25) is 5.91 Å². The topological polar surface area (TPSA) is 74.6 Å². The van der Waals surface area contributed by atoms with E-state index < -0.39 is 0 Å². The Labute approximate surface area is 124 Å². The lowest BCUT2D eigenvalue weighted by atomic mass is 10.2. The van der Waals surface area contributed by atoms with Crippen LogP contribution < -0.4 is 10.6 Å². The zero-order chi connectivity index (χ0) is 14.9. The predicted molar refractivity (Wildman–Crippen MR) is 78.6 cm³/mol. The summed E-state index contributed by atoms with van der Waals surface area (Å²) < 4.78 is 5.13. The molecule has 0 radical (unpaired) electrons. The number of hydrogen-bond donors (Lipinski definition) is 2. The minimum Gasteiger partial charge on any atom is -0.467 e. The van der Waals surface area contributed by atoms with Crippen LogP contribution in [0.2, 0.25) is 0 Å². The molecule has 0 atom stereocenters. The molecule has 116 valence electrons. The molecule has 0 aliphatic carbocycles. The summed E-state index contributed by atoms with van der Waals surface area (Å²) in [6.45, 7) is 2.51. The normalized spacial score (nSPS) is 15.6.